The Bertz CT molecular complexity index is 1140. The van der Waals surface area contributed by atoms with Gasteiger partial charge < -0.3 is 9.57 Å². The Morgan fingerprint density at radius 1 is 1.13 bits per heavy atom. The molecule has 0 unspecified atom stereocenters. The highest BCUT2D eigenvalue weighted by Gasteiger charge is 2.35. The van der Waals surface area contributed by atoms with Gasteiger partial charge in [0, 0.05) is 31.2 Å². The van der Waals surface area contributed by atoms with E-state index in [1.54, 1.807) is 20.8 Å². The Kier molecular flexibility index (Phi) is 5.25. The normalized spacial score (nSPS) is 15.7. The minimum absolute atomic E-state index is 0.121. The van der Waals surface area contributed by atoms with Crippen molar-refractivity contribution in [3.8, 4) is 11.4 Å². The van der Waals surface area contributed by atoms with Gasteiger partial charge in [-0.1, -0.05) is 5.16 Å². The van der Waals surface area contributed by atoms with Crippen LogP contribution in [0.25, 0.3) is 5.69 Å². The number of oxime groups is 1. The van der Waals surface area contributed by atoms with Crippen LogP contribution in [0.5, 0.6) is 5.75 Å². The molecule has 162 valence electrons. The Hall–Kier alpha value is -3.11. The molecule has 1 aliphatic rings. The molecule has 0 radical (unpaired) electrons. The van der Waals surface area contributed by atoms with Crippen molar-refractivity contribution in [1.82, 2.24) is 9.13 Å². The topological polar surface area (TPSA) is 74.8 Å². The quantitative estimate of drug-likeness (QED) is 0.544. The molecule has 0 bridgehead atoms. The van der Waals surface area contributed by atoms with Gasteiger partial charge in [-0.2, -0.15) is 13.2 Å². The first-order chi connectivity index (χ1) is 13.8. The molecule has 2 aromatic rings. The molecule has 0 aliphatic carbocycles. The molecule has 0 atom stereocenters. The average Bonchev–Trinajstić information content (AvgIpc) is 2.61. The van der Waals surface area contributed by atoms with Crippen molar-refractivity contribution in [2.45, 2.75) is 39.0 Å². The maximum Gasteiger partial charge on any atom is 0.431 e. The van der Waals surface area contributed by atoms with E-state index in [0.29, 0.717) is 16.7 Å². The first-order valence-electron chi connectivity index (χ1n) is 8.92. The fourth-order valence-corrected chi connectivity index (χ4v) is 2.86. The fraction of sp³-hybridized carbons (Fsp3) is 0.421. The lowest BCUT2D eigenvalue weighted by molar-refractivity contribution is -0.144. The zero-order valence-electron chi connectivity index (χ0n) is 16.6. The highest BCUT2D eigenvalue weighted by molar-refractivity contribution is 6.03. The Morgan fingerprint density at radius 3 is 2.40 bits per heavy atom. The van der Waals surface area contributed by atoms with Crippen LogP contribution < -0.4 is 16.0 Å². The second kappa shape index (κ2) is 7.29. The lowest BCUT2D eigenvalue weighted by atomic mass is 10.0. The monoisotopic (exact) mass is 429 g/mol. The molecule has 0 N–H and O–H groups in total. The second-order valence-electron chi connectivity index (χ2n) is 7.68. The molecule has 7 nitrogen and oxygen atoms in total. The minimum atomic E-state index is -4.92. The van der Waals surface area contributed by atoms with Crippen molar-refractivity contribution in [1.29, 1.82) is 0 Å². The van der Waals surface area contributed by atoms with Crippen molar-refractivity contribution < 1.29 is 27.1 Å². The summed E-state index contributed by atoms with van der Waals surface area (Å²) in [6.07, 6.45) is -4.60. The summed E-state index contributed by atoms with van der Waals surface area (Å²) in [4.78, 5) is 30.2. The number of aromatic nitrogens is 2. The summed E-state index contributed by atoms with van der Waals surface area (Å²) in [6, 6.07) is 2.35. The van der Waals surface area contributed by atoms with Gasteiger partial charge in [-0.25, -0.2) is 13.8 Å². The van der Waals surface area contributed by atoms with Crippen LogP contribution >= 0.6 is 0 Å². The molecule has 0 fully saturated rings. The molecule has 3 rings (SSSR count). The third-order valence-electron chi connectivity index (χ3n) is 4.24. The first kappa shape index (κ1) is 21.6. The minimum Gasteiger partial charge on any atom is -0.492 e. The van der Waals surface area contributed by atoms with E-state index in [2.05, 4.69) is 5.16 Å². The molecule has 30 heavy (non-hydrogen) atoms. The van der Waals surface area contributed by atoms with Gasteiger partial charge in [0.2, 0.25) is 0 Å². The van der Waals surface area contributed by atoms with Gasteiger partial charge in [0.25, 0.3) is 5.56 Å². The van der Waals surface area contributed by atoms with E-state index in [-0.39, 0.29) is 28.6 Å². The molecule has 1 aliphatic heterocycles. The lowest BCUT2D eigenvalue weighted by Gasteiger charge is -2.22. The summed E-state index contributed by atoms with van der Waals surface area (Å²) < 4.78 is 59.9. The molecule has 0 amide bonds. The molecule has 0 spiro atoms. The summed E-state index contributed by atoms with van der Waals surface area (Å²) in [5.74, 6) is -0.888. The summed E-state index contributed by atoms with van der Waals surface area (Å²) in [5.41, 5.74) is -4.53. The van der Waals surface area contributed by atoms with Crippen LogP contribution in [0.3, 0.4) is 0 Å². The van der Waals surface area contributed by atoms with Crippen LogP contribution in [0.2, 0.25) is 0 Å². The Labute approximate surface area is 168 Å². The van der Waals surface area contributed by atoms with Gasteiger partial charge in [0.05, 0.1) is 18.0 Å². The van der Waals surface area contributed by atoms with Crippen LogP contribution in [-0.2, 0) is 18.1 Å². The Balaban J connectivity index is 2.22. The Morgan fingerprint density at radius 2 is 1.80 bits per heavy atom. The molecule has 0 saturated carbocycles. The van der Waals surface area contributed by atoms with Crippen molar-refractivity contribution in [2.24, 2.45) is 12.2 Å². The zero-order chi connectivity index (χ0) is 22.4. The van der Waals surface area contributed by atoms with Crippen LogP contribution in [-0.4, -0.2) is 27.1 Å². The van der Waals surface area contributed by atoms with Crippen LogP contribution in [0.1, 0.15) is 38.4 Å². The van der Waals surface area contributed by atoms with E-state index < -0.39 is 40.2 Å². The van der Waals surface area contributed by atoms with Crippen molar-refractivity contribution >= 4 is 5.71 Å². The predicted octanol–water partition coefficient (Wildman–Crippen LogP) is 3.00. The van der Waals surface area contributed by atoms with Gasteiger partial charge >= 0.3 is 11.9 Å². The molecule has 2 heterocycles. The van der Waals surface area contributed by atoms with Gasteiger partial charge in [-0.05, 0) is 26.8 Å². The number of nitrogens with zero attached hydrogens (tertiary/aromatic N) is 3. The summed E-state index contributed by atoms with van der Waals surface area (Å²) >= 11 is 0. The molecule has 1 aromatic heterocycles. The predicted molar refractivity (Wildman–Crippen MR) is 99.7 cm³/mol. The molecular formula is C19H19F4N3O4. The maximum atomic E-state index is 14.7. The summed E-state index contributed by atoms with van der Waals surface area (Å²) in [6.45, 7) is 5.54. The van der Waals surface area contributed by atoms with E-state index in [4.69, 9.17) is 9.57 Å². The largest absolute Gasteiger partial charge is 0.492 e. The number of hydrogen-bond donors (Lipinski definition) is 0. The number of alkyl halides is 3. The van der Waals surface area contributed by atoms with E-state index in [0.717, 1.165) is 19.2 Å². The maximum absolute atomic E-state index is 14.7. The number of rotatable bonds is 2. The first-order valence-corrected chi connectivity index (χ1v) is 8.92. The third kappa shape index (κ3) is 4.10. The number of halogens is 4. The number of ether oxygens (including phenoxy) is 1. The van der Waals surface area contributed by atoms with Crippen LogP contribution in [0.15, 0.2) is 32.9 Å². The third-order valence-corrected chi connectivity index (χ3v) is 4.24. The second-order valence-corrected chi connectivity index (χ2v) is 7.68. The number of benzene rings is 1. The zero-order valence-corrected chi connectivity index (χ0v) is 16.6. The van der Waals surface area contributed by atoms with E-state index in [1.165, 1.54) is 0 Å². The number of fused-ring (bicyclic) bond motifs is 1. The van der Waals surface area contributed by atoms with Crippen molar-refractivity contribution in [2.75, 3.05) is 6.61 Å². The summed E-state index contributed by atoms with van der Waals surface area (Å²) in [7, 11) is 0.852. The molecule has 0 saturated heterocycles. The van der Waals surface area contributed by atoms with Gasteiger partial charge in [0.15, 0.2) is 5.82 Å². The average molecular weight is 429 g/mol. The highest BCUT2D eigenvalue weighted by atomic mass is 19.4. The van der Waals surface area contributed by atoms with Gasteiger partial charge in [-0.3, -0.25) is 9.36 Å². The van der Waals surface area contributed by atoms with Crippen LogP contribution in [0.4, 0.5) is 17.6 Å². The number of hydrogen-bond acceptors (Lipinski definition) is 5. The molecule has 11 heteroatoms. The van der Waals surface area contributed by atoms with Crippen molar-refractivity contribution in [3.63, 3.8) is 0 Å². The van der Waals surface area contributed by atoms with E-state index in [1.807, 2.05) is 0 Å². The van der Waals surface area contributed by atoms with Gasteiger partial charge in [0.1, 0.15) is 17.0 Å². The SMILES string of the molecule is Cn1c(C(F)(F)F)cc(=O)n(-c2cc3c(cc2F)OCC/C3=N\OC(C)(C)C)c1=O. The smallest absolute Gasteiger partial charge is 0.431 e. The van der Waals surface area contributed by atoms with Crippen LogP contribution in [0, 0.1) is 5.82 Å². The standard InChI is InChI=1S/C19H19F4N3O4/c1-18(2,3)30-24-12-5-6-29-14-8-11(20)13(7-10(12)14)26-16(27)9-15(19(21,22)23)25(4)17(26)28/h7-9H,5-6H2,1-4H3/b24-12+. The van der Waals surface area contributed by atoms with Crippen molar-refractivity contribution in [3.05, 3.63) is 56.1 Å². The van der Waals surface area contributed by atoms with E-state index >= 15 is 0 Å². The molecule has 1 aromatic carbocycles. The summed E-state index contributed by atoms with van der Waals surface area (Å²) in [5, 5.41) is 4.06. The lowest BCUT2D eigenvalue weighted by Crippen LogP contribution is -2.41. The fourth-order valence-electron chi connectivity index (χ4n) is 2.86. The van der Waals surface area contributed by atoms with E-state index in [9.17, 15) is 27.2 Å². The van der Waals surface area contributed by atoms with Gasteiger partial charge in [-0.15, -0.1) is 0 Å². The molecular weight excluding hydrogens is 410 g/mol. The highest BCUT2D eigenvalue weighted by Crippen LogP contribution is 2.30.